The molecule has 0 saturated heterocycles. The summed E-state index contributed by atoms with van der Waals surface area (Å²) in [7, 11) is -1.34. The minimum Gasteiger partial charge on any atom is -0.456 e. The van der Waals surface area contributed by atoms with Crippen LogP contribution in [0.25, 0.3) is 49.4 Å². The number of fused-ring (bicyclic) bond motifs is 14. The van der Waals surface area contributed by atoms with Gasteiger partial charge in [0.15, 0.2) is 0 Å². The van der Waals surface area contributed by atoms with Gasteiger partial charge in [0, 0.05) is 21.5 Å². The average Bonchev–Trinajstić information content (AvgIpc) is 3.57. The number of rotatable bonds is 0. The summed E-state index contributed by atoms with van der Waals surface area (Å²) in [5, 5.41) is 4.99. The van der Waals surface area contributed by atoms with E-state index in [-0.39, 0.29) is 0 Å². The molecule has 2 aromatic heterocycles. The van der Waals surface area contributed by atoms with E-state index in [2.05, 4.69) is 144 Å². The van der Waals surface area contributed by atoms with Crippen LogP contribution < -0.4 is 0 Å². The van der Waals surface area contributed by atoms with Gasteiger partial charge in [-0.15, -0.1) is 0 Å². The van der Waals surface area contributed by atoms with Gasteiger partial charge in [0.25, 0.3) is 0 Å². The van der Waals surface area contributed by atoms with Crippen LogP contribution in [0.2, 0.25) is 0 Å². The summed E-state index contributed by atoms with van der Waals surface area (Å²) in [6.45, 7) is 0. The first-order valence-electron chi connectivity index (χ1n) is 14.5. The van der Waals surface area contributed by atoms with Crippen molar-refractivity contribution < 1.29 is 4.42 Å². The average molecular weight is 558 g/mol. The molecule has 0 amide bonds. The second-order valence-electron chi connectivity index (χ2n) is 12.1. The van der Waals surface area contributed by atoms with Crippen LogP contribution in [0.3, 0.4) is 0 Å². The zero-order valence-corrected chi connectivity index (χ0v) is 24.2. The van der Waals surface area contributed by atoms with Crippen molar-refractivity contribution in [3.05, 3.63) is 150 Å². The quantitative estimate of drug-likeness (QED) is 0.181. The number of furan rings is 1. The Bertz CT molecular complexity index is 2460. The van der Waals surface area contributed by atoms with Crippen LogP contribution in [0, 0.1) is 0 Å². The van der Waals surface area contributed by atoms with E-state index in [9.17, 15) is 0 Å². The summed E-state index contributed by atoms with van der Waals surface area (Å²) in [6.07, 6.45) is 4.94. The lowest BCUT2D eigenvalue weighted by Gasteiger charge is -2.51. The summed E-state index contributed by atoms with van der Waals surface area (Å²) in [5.41, 5.74) is 10.6. The molecule has 1 atom stereocenters. The number of hydrogen-bond acceptors (Lipinski definition) is 1. The van der Waals surface area contributed by atoms with Gasteiger partial charge < -0.3 is 8.98 Å². The molecule has 0 saturated carbocycles. The molecule has 8 aromatic rings. The minimum atomic E-state index is -1.34. The Morgan fingerprint density at radius 3 is 2.12 bits per heavy atom. The van der Waals surface area contributed by atoms with E-state index in [1.54, 1.807) is 0 Å². The molecule has 0 aliphatic carbocycles. The zero-order chi connectivity index (χ0) is 27.8. The van der Waals surface area contributed by atoms with Crippen LogP contribution in [0.15, 0.2) is 142 Å². The van der Waals surface area contributed by atoms with Crippen LogP contribution in [0.4, 0.5) is 0 Å². The van der Waals surface area contributed by atoms with Gasteiger partial charge in [-0.1, -0.05) is 91.0 Å². The van der Waals surface area contributed by atoms with Crippen LogP contribution in [0.5, 0.6) is 0 Å². The Labute approximate surface area is 245 Å². The highest BCUT2D eigenvalue weighted by atomic mass is 32.3. The topological polar surface area (TPSA) is 18.1 Å². The molecule has 2 aliphatic heterocycles. The Kier molecular flexibility index (Phi) is 4.12. The molecule has 2 nitrogen and oxygen atoms in total. The fraction of sp³-hybridized carbons (Fsp3) is 0.0769. The second kappa shape index (κ2) is 7.56. The first-order valence-corrected chi connectivity index (χ1v) is 17.0. The highest BCUT2D eigenvalue weighted by Crippen LogP contribution is 2.70. The fourth-order valence-electron chi connectivity index (χ4n) is 8.23. The number of benzene rings is 6. The molecule has 200 valence electrons. The number of hydrogen-bond donors (Lipinski definition) is 0. The van der Waals surface area contributed by atoms with Gasteiger partial charge in [-0.3, -0.25) is 0 Å². The summed E-state index contributed by atoms with van der Waals surface area (Å²) >= 11 is 0. The van der Waals surface area contributed by atoms with E-state index in [4.69, 9.17) is 4.42 Å². The van der Waals surface area contributed by atoms with E-state index in [0.29, 0.717) is 0 Å². The molecule has 6 aromatic carbocycles. The Morgan fingerprint density at radius 1 is 0.524 bits per heavy atom. The highest BCUT2D eigenvalue weighted by molar-refractivity contribution is 8.32. The maximum absolute atomic E-state index is 6.59. The second-order valence-corrected chi connectivity index (χ2v) is 15.6. The molecule has 1 unspecified atom stereocenters. The molecule has 0 radical (unpaired) electrons. The molecule has 0 fully saturated rings. The standard InChI is InChI=1S/C39H27NOS/c1-42(2)36-21-10-6-16-29(36)39(31-23-35-27(22-37(31)42)25-13-4-9-20-34(25)41-35)28-15-5-8-19-33(28)40-32-18-7-3-12-24(32)26-14-11-17-30(39)38(26)40/h3-23H,1-2H3. The lowest BCUT2D eigenvalue weighted by Crippen LogP contribution is -2.39. The van der Waals surface area contributed by atoms with Crippen molar-refractivity contribution in [1.82, 2.24) is 4.57 Å². The van der Waals surface area contributed by atoms with Crippen molar-refractivity contribution in [3.8, 4) is 5.69 Å². The summed E-state index contributed by atoms with van der Waals surface area (Å²) in [5.74, 6) is 0. The number of aromatic nitrogens is 1. The smallest absolute Gasteiger partial charge is 0.135 e. The van der Waals surface area contributed by atoms with Crippen molar-refractivity contribution >= 4 is 53.8 Å². The van der Waals surface area contributed by atoms with Crippen LogP contribution in [0.1, 0.15) is 22.3 Å². The van der Waals surface area contributed by atoms with E-state index >= 15 is 0 Å². The predicted octanol–water partition coefficient (Wildman–Crippen LogP) is 10.2. The van der Waals surface area contributed by atoms with Gasteiger partial charge >= 0.3 is 0 Å². The van der Waals surface area contributed by atoms with Crippen molar-refractivity contribution in [1.29, 1.82) is 0 Å². The van der Waals surface area contributed by atoms with Crippen LogP contribution in [-0.2, 0) is 5.41 Å². The van der Waals surface area contributed by atoms with Crippen LogP contribution in [-0.4, -0.2) is 17.1 Å². The molecule has 0 N–H and O–H groups in total. The molecule has 1 spiro atoms. The van der Waals surface area contributed by atoms with E-state index in [0.717, 1.165) is 11.2 Å². The molecule has 3 heteroatoms. The fourth-order valence-corrected chi connectivity index (χ4v) is 10.8. The largest absolute Gasteiger partial charge is 0.456 e. The Hall–Kier alpha value is -4.73. The van der Waals surface area contributed by atoms with Crippen molar-refractivity contribution in [2.24, 2.45) is 0 Å². The summed E-state index contributed by atoms with van der Waals surface area (Å²) in [6, 6.07) is 47.4. The van der Waals surface area contributed by atoms with Crippen LogP contribution >= 0.6 is 10.0 Å². The van der Waals surface area contributed by atoms with Gasteiger partial charge in [0.2, 0.25) is 0 Å². The molecular formula is C39H27NOS. The van der Waals surface area contributed by atoms with Gasteiger partial charge in [0.1, 0.15) is 11.2 Å². The Balaban J connectivity index is 1.49. The molecule has 4 heterocycles. The maximum Gasteiger partial charge on any atom is 0.135 e. The zero-order valence-electron chi connectivity index (χ0n) is 23.4. The third-order valence-electron chi connectivity index (χ3n) is 9.92. The molecule has 2 aliphatic rings. The molecular weight excluding hydrogens is 531 g/mol. The van der Waals surface area contributed by atoms with Crippen molar-refractivity contribution in [2.45, 2.75) is 15.2 Å². The first kappa shape index (κ1) is 22.9. The van der Waals surface area contributed by atoms with Gasteiger partial charge in [-0.25, -0.2) is 0 Å². The van der Waals surface area contributed by atoms with Gasteiger partial charge in [-0.2, -0.15) is 10.0 Å². The van der Waals surface area contributed by atoms with Crippen molar-refractivity contribution in [3.63, 3.8) is 0 Å². The minimum absolute atomic E-state index is 0.484. The van der Waals surface area contributed by atoms with E-state index in [1.165, 1.54) is 70.3 Å². The SMILES string of the molecule is CS1(C)c2ccccc2C2(c3ccccc3-n3c4ccccc4c4cccc2c43)c2cc3oc4ccccc4c3cc21. The summed E-state index contributed by atoms with van der Waals surface area (Å²) < 4.78 is 9.10. The third-order valence-corrected chi connectivity index (χ3v) is 12.8. The molecule has 10 rings (SSSR count). The van der Waals surface area contributed by atoms with E-state index < -0.39 is 15.4 Å². The lowest BCUT2D eigenvalue weighted by atomic mass is 9.62. The third kappa shape index (κ3) is 2.48. The van der Waals surface area contributed by atoms with Crippen molar-refractivity contribution in [2.75, 3.05) is 12.5 Å². The highest BCUT2D eigenvalue weighted by Gasteiger charge is 2.52. The van der Waals surface area contributed by atoms with Gasteiger partial charge in [0.05, 0.1) is 22.1 Å². The molecule has 42 heavy (non-hydrogen) atoms. The number of nitrogens with zero attached hydrogens (tertiary/aromatic N) is 1. The normalized spacial score (nSPS) is 18.8. The number of para-hydroxylation sites is 4. The predicted molar refractivity (Wildman–Crippen MR) is 176 cm³/mol. The van der Waals surface area contributed by atoms with Gasteiger partial charge in [-0.05, 0) is 81.0 Å². The van der Waals surface area contributed by atoms with E-state index in [1.807, 2.05) is 0 Å². The Morgan fingerprint density at radius 2 is 1.21 bits per heavy atom. The lowest BCUT2D eigenvalue weighted by molar-refractivity contribution is 0.656. The monoisotopic (exact) mass is 557 g/mol. The summed E-state index contributed by atoms with van der Waals surface area (Å²) in [4.78, 5) is 2.90. The molecule has 0 bridgehead atoms. The first-order chi connectivity index (χ1) is 20.6. The maximum atomic E-state index is 6.59.